The highest BCUT2D eigenvalue weighted by atomic mass is 16.5. The minimum atomic E-state index is -0.995. The molecular weight excluding hydrogens is 278 g/mol. The molecule has 0 radical (unpaired) electrons. The number of carboxylic acid groups (broad SMARTS) is 2. The number of carbonyl (C=O) groups is 3. The molecule has 0 rings (SSSR count). The molecule has 7 nitrogen and oxygen atoms in total. The maximum Gasteiger partial charge on any atom is 0.305 e. The van der Waals surface area contributed by atoms with Gasteiger partial charge >= 0.3 is 17.9 Å². The van der Waals surface area contributed by atoms with Gasteiger partial charge in [0, 0.05) is 24.8 Å². The van der Waals surface area contributed by atoms with Crippen molar-refractivity contribution in [3.8, 4) is 0 Å². The molecule has 0 aliphatic rings. The van der Waals surface area contributed by atoms with Crippen molar-refractivity contribution < 1.29 is 29.3 Å². The average Bonchev–Trinajstić information content (AvgIpc) is 2.41. The highest BCUT2D eigenvalue weighted by molar-refractivity contribution is 5.70. The summed E-state index contributed by atoms with van der Waals surface area (Å²) in [7, 11) is 0. The van der Waals surface area contributed by atoms with Gasteiger partial charge in [0.1, 0.15) is 0 Å². The molecule has 0 bridgehead atoms. The van der Waals surface area contributed by atoms with E-state index in [0.29, 0.717) is 6.61 Å². The number of carboxylic acids is 2. The molecule has 7 heteroatoms. The quantitative estimate of drug-likeness (QED) is 0.368. The summed E-state index contributed by atoms with van der Waals surface area (Å²) in [5.74, 6) is -2.37. The Balaban J connectivity index is 4.33. The topological polar surface area (TPSA) is 127 Å². The van der Waals surface area contributed by atoms with Crippen LogP contribution in [0.3, 0.4) is 0 Å². The van der Waals surface area contributed by atoms with Gasteiger partial charge in [-0.3, -0.25) is 14.4 Å². The zero-order valence-electron chi connectivity index (χ0n) is 12.5. The first kappa shape index (κ1) is 19.4. The normalized spacial score (nSPS) is 11.1. The molecule has 0 heterocycles. The Hall–Kier alpha value is -1.63. The maximum absolute atomic E-state index is 11.5. The minimum Gasteiger partial charge on any atom is -0.481 e. The number of hydrogen-bond acceptors (Lipinski definition) is 5. The van der Waals surface area contributed by atoms with E-state index in [1.165, 1.54) is 0 Å². The van der Waals surface area contributed by atoms with Crippen molar-refractivity contribution in [2.75, 3.05) is 6.61 Å². The molecule has 0 unspecified atom stereocenters. The van der Waals surface area contributed by atoms with Crippen molar-refractivity contribution in [2.45, 2.75) is 63.8 Å². The largest absolute Gasteiger partial charge is 0.481 e. The summed E-state index contributed by atoms with van der Waals surface area (Å²) in [6, 6.07) is 0. The molecule has 0 spiro atoms. The van der Waals surface area contributed by atoms with Crippen LogP contribution in [0.4, 0.5) is 0 Å². The molecule has 0 aliphatic heterocycles. The van der Waals surface area contributed by atoms with Crippen LogP contribution >= 0.6 is 0 Å². The molecule has 0 saturated carbocycles. The molecule has 21 heavy (non-hydrogen) atoms. The van der Waals surface area contributed by atoms with Crippen LogP contribution in [0.5, 0.6) is 0 Å². The number of hydrogen-bond donors (Lipinski definition) is 3. The van der Waals surface area contributed by atoms with E-state index in [1.807, 2.05) is 6.92 Å². The summed E-state index contributed by atoms with van der Waals surface area (Å²) in [4.78, 5) is 32.8. The maximum atomic E-state index is 11.5. The highest BCUT2D eigenvalue weighted by Gasteiger charge is 2.27. The summed E-state index contributed by atoms with van der Waals surface area (Å²) in [5, 5.41) is 17.4. The Morgan fingerprint density at radius 1 is 1.00 bits per heavy atom. The Morgan fingerprint density at radius 2 is 1.48 bits per heavy atom. The second-order valence-electron chi connectivity index (χ2n) is 5.22. The SMILES string of the molecule is CCCCOC(=O)CCC(N)(CCC(=O)O)CCC(=O)O. The Kier molecular flexibility index (Phi) is 9.36. The zero-order chi connectivity index (χ0) is 16.3. The van der Waals surface area contributed by atoms with Gasteiger partial charge in [0.15, 0.2) is 0 Å². The fourth-order valence-corrected chi connectivity index (χ4v) is 1.84. The highest BCUT2D eigenvalue weighted by Crippen LogP contribution is 2.23. The molecule has 0 fully saturated rings. The van der Waals surface area contributed by atoms with Crippen LogP contribution in [0.15, 0.2) is 0 Å². The molecular formula is C14H25NO6. The molecule has 0 amide bonds. The molecule has 0 aromatic carbocycles. The molecule has 122 valence electrons. The minimum absolute atomic E-state index is 0.0689. The smallest absolute Gasteiger partial charge is 0.305 e. The van der Waals surface area contributed by atoms with Gasteiger partial charge in [-0.15, -0.1) is 0 Å². The van der Waals surface area contributed by atoms with E-state index in [9.17, 15) is 14.4 Å². The van der Waals surface area contributed by atoms with Crippen molar-refractivity contribution in [1.29, 1.82) is 0 Å². The van der Waals surface area contributed by atoms with Gasteiger partial charge < -0.3 is 20.7 Å². The lowest BCUT2D eigenvalue weighted by Gasteiger charge is -2.28. The van der Waals surface area contributed by atoms with E-state index in [2.05, 4.69) is 0 Å². The van der Waals surface area contributed by atoms with E-state index < -0.39 is 17.5 Å². The fraction of sp³-hybridized carbons (Fsp3) is 0.786. The van der Waals surface area contributed by atoms with Gasteiger partial charge in [-0.2, -0.15) is 0 Å². The van der Waals surface area contributed by atoms with Crippen molar-refractivity contribution in [2.24, 2.45) is 5.73 Å². The van der Waals surface area contributed by atoms with Crippen molar-refractivity contribution in [3.63, 3.8) is 0 Å². The van der Waals surface area contributed by atoms with Crippen LogP contribution in [-0.4, -0.2) is 40.3 Å². The number of aliphatic carboxylic acids is 2. The van der Waals surface area contributed by atoms with Crippen LogP contribution in [0, 0.1) is 0 Å². The third-order valence-corrected chi connectivity index (χ3v) is 3.26. The molecule has 4 N–H and O–H groups in total. The number of nitrogens with two attached hydrogens (primary N) is 1. The Morgan fingerprint density at radius 3 is 1.90 bits per heavy atom. The van der Waals surface area contributed by atoms with Gasteiger partial charge in [-0.1, -0.05) is 13.3 Å². The van der Waals surface area contributed by atoms with Crippen molar-refractivity contribution in [3.05, 3.63) is 0 Å². The number of ether oxygens (including phenoxy) is 1. The second kappa shape index (κ2) is 10.1. The first-order chi connectivity index (χ1) is 9.79. The van der Waals surface area contributed by atoms with Gasteiger partial charge in [0.2, 0.25) is 0 Å². The second-order valence-corrected chi connectivity index (χ2v) is 5.22. The summed E-state index contributed by atoms with van der Waals surface area (Å²) in [5.41, 5.74) is 5.09. The first-order valence-corrected chi connectivity index (χ1v) is 7.17. The molecule has 0 aliphatic carbocycles. The lowest BCUT2D eigenvalue weighted by atomic mass is 9.85. The van der Waals surface area contributed by atoms with Crippen molar-refractivity contribution >= 4 is 17.9 Å². The zero-order valence-corrected chi connectivity index (χ0v) is 12.5. The van der Waals surface area contributed by atoms with E-state index in [0.717, 1.165) is 12.8 Å². The van der Waals surface area contributed by atoms with Crippen LogP contribution in [-0.2, 0) is 19.1 Å². The summed E-state index contributed by atoms with van der Waals surface area (Å²) in [6.45, 7) is 2.34. The van der Waals surface area contributed by atoms with E-state index in [4.69, 9.17) is 20.7 Å². The lowest BCUT2D eigenvalue weighted by molar-refractivity contribution is -0.144. The monoisotopic (exact) mass is 303 g/mol. The van der Waals surface area contributed by atoms with Crippen LogP contribution in [0.2, 0.25) is 0 Å². The molecule has 0 aromatic heterocycles. The van der Waals surface area contributed by atoms with Gasteiger partial charge in [0.25, 0.3) is 0 Å². The van der Waals surface area contributed by atoms with Gasteiger partial charge in [0.05, 0.1) is 6.61 Å². The van der Waals surface area contributed by atoms with Crippen molar-refractivity contribution in [1.82, 2.24) is 0 Å². The standard InChI is InChI=1S/C14H25NO6/c1-2-3-10-21-13(20)6-9-14(15,7-4-11(16)17)8-5-12(18)19/h2-10,15H2,1H3,(H,16,17)(H,18,19). The molecule has 0 aromatic rings. The van der Waals surface area contributed by atoms with Crippen LogP contribution in [0.25, 0.3) is 0 Å². The van der Waals surface area contributed by atoms with E-state index in [1.54, 1.807) is 0 Å². The summed E-state index contributed by atoms with van der Waals surface area (Å²) >= 11 is 0. The molecule has 0 atom stereocenters. The summed E-state index contributed by atoms with van der Waals surface area (Å²) < 4.78 is 5.00. The predicted octanol–water partition coefficient (Wildman–Crippen LogP) is 1.54. The average molecular weight is 303 g/mol. The van der Waals surface area contributed by atoms with Gasteiger partial charge in [-0.25, -0.2) is 0 Å². The third-order valence-electron chi connectivity index (χ3n) is 3.26. The van der Waals surface area contributed by atoms with E-state index in [-0.39, 0.29) is 44.5 Å². The Bertz CT molecular complexity index is 337. The summed E-state index contributed by atoms with van der Waals surface area (Å²) in [6.07, 6.45) is 1.97. The van der Waals surface area contributed by atoms with Crippen LogP contribution in [0.1, 0.15) is 58.3 Å². The first-order valence-electron chi connectivity index (χ1n) is 7.17. The predicted molar refractivity (Wildman–Crippen MR) is 75.8 cm³/mol. The molecule has 0 saturated heterocycles. The number of esters is 1. The number of carbonyl (C=O) groups excluding carboxylic acids is 1. The number of rotatable bonds is 12. The van der Waals surface area contributed by atoms with E-state index >= 15 is 0 Å². The Labute approximate surface area is 124 Å². The third kappa shape index (κ3) is 10.8. The van der Waals surface area contributed by atoms with Crippen LogP contribution < -0.4 is 5.73 Å². The number of unbranched alkanes of at least 4 members (excludes halogenated alkanes) is 1. The lowest BCUT2D eigenvalue weighted by Crippen LogP contribution is -2.41. The van der Waals surface area contributed by atoms with Gasteiger partial charge in [-0.05, 0) is 25.7 Å². The fourth-order valence-electron chi connectivity index (χ4n) is 1.84.